The van der Waals surface area contributed by atoms with Crippen LogP contribution >= 0.6 is 0 Å². The van der Waals surface area contributed by atoms with Gasteiger partial charge in [-0.3, -0.25) is 9.99 Å². The van der Waals surface area contributed by atoms with Gasteiger partial charge in [0.25, 0.3) is 0 Å². The third-order valence-corrected chi connectivity index (χ3v) is 1.34. The number of nitrogens with zero attached hydrogens (tertiary/aromatic N) is 4. The zero-order chi connectivity index (χ0) is 9.52. The lowest BCUT2D eigenvalue weighted by Gasteiger charge is -2.08. The van der Waals surface area contributed by atoms with Crippen molar-refractivity contribution in [1.82, 2.24) is 9.99 Å². The molecule has 0 atom stereocenters. The smallest absolute Gasteiger partial charge is 0.0837 e. The molecule has 0 unspecified atom stereocenters. The Hall–Kier alpha value is -1.69. The molecule has 1 heterocycles. The normalized spacial score (nSPS) is 10.3. The monoisotopic (exact) mass is 182 g/mol. The van der Waals surface area contributed by atoms with E-state index in [4.69, 9.17) is 5.26 Å². The molecule has 0 aliphatic rings. The van der Waals surface area contributed by atoms with Gasteiger partial charge in [0.1, 0.15) is 0 Å². The van der Waals surface area contributed by atoms with Crippen molar-refractivity contribution in [2.45, 2.75) is 6.54 Å². The lowest BCUT2D eigenvalue weighted by molar-refractivity contribution is -0.254. The molecule has 0 aliphatic carbocycles. The van der Waals surface area contributed by atoms with Crippen molar-refractivity contribution in [3.63, 3.8) is 0 Å². The van der Waals surface area contributed by atoms with Gasteiger partial charge in [0.2, 0.25) is 0 Å². The molecule has 0 radical (unpaired) electrons. The first-order valence-electron chi connectivity index (χ1n) is 3.65. The van der Waals surface area contributed by atoms with Crippen LogP contribution in [0.3, 0.4) is 0 Å². The summed E-state index contributed by atoms with van der Waals surface area (Å²) in [5.74, 6) is 0. The molecular formula is C7H10N4O2. The van der Waals surface area contributed by atoms with E-state index in [1.54, 1.807) is 13.2 Å². The van der Waals surface area contributed by atoms with Gasteiger partial charge in [0, 0.05) is 13.2 Å². The van der Waals surface area contributed by atoms with Gasteiger partial charge in [-0.1, -0.05) is 6.07 Å². The molecule has 13 heavy (non-hydrogen) atoms. The Morgan fingerprint density at radius 3 is 3.08 bits per heavy atom. The first-order chi connectivity index (χ1) is 6.33. The lowest BCUT2D eigenvalue weighted by Crippen LogP contribution is -2.10. The van der Waals surface area contributed by atoms with E-state index in [1.165, 1.54) is 5.01 Å². The minimum absolute atomic E-state index is 0.508. The van der Waals surface area contributed by atoms with Gasteiger partial charge in [0.15, 0.2) is 0 Å². The van der Waals surface area contributed by atoms with Crippen molar-refractivity contribution in [2.24, 2.45) is 10.5 Å². The van der Waals surface area contributed by atoms with Crippen LogP contribution in [0.1, 0.15) is 5.69 Å². The topological polar surface area (TPSA) is 70.3 Å². The SMILES string of the molecule is CN(Cc1ccccn1)/N=N\OO. The molecular weight excluding hydrogens is 172 g/mol. The van der Waals surface area contributed by atoms with Crippen LogP contribution in [0.4, 0.5) is 0 Å². The number of hydrogen-bond acceptors (Lipinski definition) is 5. The van der Waals surface area contributed by atoms with E-state index >= 15 is 0 Å². The molecule has 0 bridgehead atoms. The highest BCUT2D eigenvalue weighted by molar-refractivity contribution is 5.02. The Bertz CT molecular complexity index is 264. The van der Waals surface area contributed by atoms with Crippen molar-refractivity contribution in [3.05, 3.63) is 30.1 Å². The van der Waals surface area contributed by atoms with Crippen LogP contribution in [-0.4, -0.2) is 22.3 Å². The Labute approximate surface area is 75.3 Å². The zero-order valence-electron chi connectivity index (χ0n) is 7.16. The summed E-state index contributed by atoms with van der Waals surface area (Å²) in [5, 5.41) is 15.8. The van der Waals surface area contributed by atoms with E-state index in [0.717, 1.165) is 5.69 Å². The molecule has 0 amide bonds. The fraction of sp³-hybridized carbons (Fsp3) is 0.286. The quantitative estimate of drug-likeness (QED) is 0.432. The number of aromatic nitrogens is 1. The predicted octanol–water partition coefficient (Wildman–Crippen LogP) is 1.29. The molecule has 0 fully saturated rings. The van der Waals surface area contributed by atoms with Crippen LogP contribution in [0.25, 0.3) is 0 Å². The van der Waals surface area contributed by atoms with E-state index in [-0.39, 0.29) is 0 Å². The van der Waals surface area contributed by atoms with Crippen molar-refractivity contribution in [3.8, 4) is 0 Å². The Morgan fingerprint density at radius 2 is 2.46 bits per heavy atom. The molecule has 0 aliphatic heterocycles. The minimum Gasteiger partial charge on any atom is -0.273 e. The van der Waals surface area contributed by atoms with E-state index < -0.39 is 0 Å². The molecule has 6 heteroatoms. The van der Waals surface area contributed by atoms with Crippen LogP contribution in [-0.2, 0) is 11.5 Å². The average molecular weight is 182 g/mol. The van der Waals surface area contributed by atoms with Gasteiger partial charge in [-0.05, 0) is 17.4 Å². The maximum atomic E-state index is 7.88. The molecule has 1 aromatic heterocycles. The molecule has 1 N–H and O–H groups in total. The van der Waals surface area contributed by atoms with Crippen molar-refractivity contribution < 1.29 is 10.2 Å². The summed E-state index contributed by atoms with van der Waals surface area (Å²) in [6.45, 7) is 0.508. The lowest BCUT2D eigenvalue weighted by atomic mass is 10.3. The average Bonchev–Trinajstić information content (AvgIpc) is 2.16. The minimum atomic E-state index is 0.508. The van der Waals surface area contributed by atoms with Gasteiger partial charge in [-0.2, -0.15) is 5.26 Å². The highest BCUT2D eigenvalue weighted by atomic mass is 17.2. The molecule has 0 aromatic carbocycles. The highest BCUT2D eigenvalue weighted by Crippen LogP contribution is 1.98. The van der Waals surface area contributed by atoms with Gasteiger partial charge in [-0.25, -0.2) is 4.99 Å². The first kappa shape index (κ1) is 9.40. The summed E-state index contributed by atoms with van der Waals surface area (Å²) in [5.41, 5.74) is 0.863. The molecule has 70 valence electrons. The molecule has 1 rings (SSSR count). The molecule has 0 saturated carbocycles. The third kappa shape index (κ3) is 3.48. The summed E-state index contributed by atoms with van der Waals surface area (Å²) >= 11 is 0. The second kappa shape index (κ2) is 5.04. The first-order valence-corrected chi connectivity index (χ1v) is 3.65. The van der Waals surface area contributed by atoms with Gasteiger partial charge >= 0.3 is 0 Å². The number of rotatable bonds is 4. The van der Waals surface area contributed by atoms with Gasteiger partial charge < -0.3 is 0 Å². The van der Waals surface area contributed by atoms with E-state index in [9.17, 15) is 0 Å². The fourth-order valence-electron chi connectivity index (χ4n) is 0.836. The summed E-state index contributed by atoms with van der Waals surface area (Å²) in [7, 11) is 1.69. The summed E-state index contributed by atoms with van der Waals surface area (Å²) in [6, 6.07) is 5.59. The van der Waals surface area contributed by atoms with Crippen molar-refractivity contribution in [1.29, 1.82) is 0 Å². The van der Waals surface area contributed by atoms with Crippen molar-refractivity contribution in [2.75, 3.05) is 7.05 Å². The van der Waals surface area contributed by atoms with E-state index in [1.807, 2.05) is 18.2 Å². The highest BCUT2D eigenvalue weighted by Gasteiger charge is 1.96. The van der Waals surface area contributed by atoms with E-state index in [2.05, 4.69) is 20.5 Å². The van der Waals surface area contributed by atoms with Crippen LogP contribution in [0.15, 0.2) is 34.9 Å². The summed E-state index contributed by atoms with van der Waals surface area (Å²) < 4.78 is 0. The largest absolute Gasteiger partial charge is 0.273 e. The number of hydrogen-bond donors (Lipinski definition) is 1. The maximum absolute atomic E-state index is 7.88. The predicted molar refractivity (Wildman–Crippen MR) is 44.3 cm³/mol. The summed E-state index contributed by atoms with van der Waals surface area (Å²) in [6.07, 6.45) is 1.70. The second-order valence-electron chi connectivity index (χ2n) is 2.39. The number of pyridine rings is 1. The molecule has 1 aromatic rings. The van der Waals surface area contributed by atoms with Crippen molar-refractivity contribution >= 4 is 0 Å². The van der Waals surface area contributed by atoms with Crippen LogP contribution in [0.5, 0.6) is 0 Å². The second-order valence-corrected chi connectivity index (χ2v) is 2.39. The zero-order valence-corrected chi connectivity index (χ0v) is 7.16. The van der Waals surface area contributed by atoms with E-state index in [0.29, 0.717) is 6.54 Å². The van der Waals surface area contributed by atoms with Crippen LogP contribution in [0.2, 0.25) is 0 Å². The van der Waals surface area contributed by atoms with Gasteiger partial charge in [0.05, 0.1) is 17.5 Å². The Kier molecular flexibility index (Phi) is 3.65. The molecule has 0 spiro atoms. The fourth-order valence-corrected chi connectivity index (χ4v) is 0.836. The molecule has 0 saturated heterocycles. The third-order valence-electron chi connectivity index (χ3n) is 1.34. The summed E-state index contributed by atoms with van der Waals surface area (Å²) in [4.78, 5) is 7.53. The van der Waals surface area contributed by atoms with Crippen LogP contribution < -0.4 is 0 Å². The molecule has 6 nitrogen and oxygen atoms in total. The Balaban J connectivity index is 2.45. The maximum Gasteiger partial charge on any atom is 0.0837 e. The standard InChI is InChI=1S/C7H10N4O2/c1-11(9-10-13-12)6-7-4-2-3-5-8-7/h2-5,12H,6H2,1H3/b10-9-. The Morgan fingerprint density at radius 1 is 1.62 bits per heavy atom. The van der Waals surface area contributed by atoms with Crippen LogP contribution in [0, 0.1) is 0 Å². The van der Waals surface area contributed by atoms with Gasteiger partial charge in [-0.15, -0.1) is 0 Å².